The number of amides is 1. The van der Waals surface area contributed by atoms with Gasteiger partial charge >= 0.3 is 0 Å². The van der Waals surface area contributed by atoms with Crippen molar-refractivity contribution < 1.29 is 18.1 Å². The summed E-state index contributed by atoms with van der Waals surface area (Å²) in [5.41, 5.74) is 8.21. The predicted molar refractivity (Wildman–Crippen MR) is 132 cm³/mol. The Labute approximate surface area is 203 Å². The molecule has 2 atom stereocenters. The maximum absolute atomic E-state index is 13.8. The second kappa shape index (κ2) is 9.52. The lowest BCUT2D eigenvalue weighted by Crippen LogP contribution is -2.30. The molecule has 2 heterocycles. The van der Waals surface area contributed by atoms with Gasteiger partial charge in [0.1, 0.15) is 29.2 Å². The number of nitrogens with zero attached hydrogens (tertiary/aromatic N) is 4. The molecule has 3 rings (SSSR count). The first-order chi connectivity index (χ1) is 16.2. The van der Waals surface area contributed by atoms with E-state index in [1.807, 2.05) is 6.07 Å². The molecule has 0 aliphatic rings. The first kappa shape index (κ1) is 25.9. The Kier molecular flexibility index (Phi) is 7.06. The third-order valence-corrected chi connectivity index (χ3v) is 5.75. The van der Waals surface area contributed by atoms with Gasteiger partial charge in [0.05, 0.1) is 11.6 Å². The smallest absolute Gasteiger partial charge is 0.234 e. The van der Waals surface area contributed by atoms with E-state index < -0.39 is 17.8 Å². The molecule has 1 amide bonds. The summed E-state index contributed by atoms with van der Waals surface area (Å²) < 4.78 is 33.9. The molecule has 1 aromatic carbocycles. The minimum atomic E-state index is -3.08. The molecule has 35 heavy (non-hydrogen) atoms. The molecule has 0 spiro atoms. The Balaban J connectivity index is 1.78. The topological polar surface area (TPSA) is 123 Å². The van der Waals surface area contributed by atoms with Crippen LogP contribution < -0.4 is 11.1 Å². The minimum absolute atomic E-state index is 0.0241. The molecular weight excluding hydrogens is 453 g/mol. The Morgan fingerprint density at radius 3 is 2.46 bits per heavy atom. The van der Waals surface area contributed by atoms with E-state index in [2.05, 4.69) is 36.3 Å². The summed E-state index contributed by atoms with van der Waals surface area (Å²) in [5.74, 6) is -3.71. The molecule has 3 N–H and O–H groups in total. The number of nitrogens with one attached hydrogen (secondary N) is 1. The fourth-order valence-electron chi connectivity index (χ4n) is 3.58. The average Bonchev–Trinajstić information content (AvgIpc) is 3.33. The van der Waals surface area contributed by atoms with Crippen molar-refractivity contribution in [3.63, 3.8) is 0 Å². The molecule has 2 aromatic heterocycles. The zero-order valence-electron chi connectivity index (χ0n) is 20.7. The summed E-state index contributed by atoms with van der Waals surface area (Å²) in [6, 6.07) is 9.14. The lowest BCUT2D eigenvalue weighted by atomic mass is 9.91. The van der Waals surface area contributed by atoms with E-state index in [4.69, 9.17) is 10.3 Å². The largest absolute Gasteiger partial charge is 0.383 e. The maximum Gasteiger partial charge on any atom is 0.234 e. The molecule has 0 fully saturated rings. The number of anilines is 2. The van der Waals surface area contributed by atoms with Gasteiger partial charge < -0.3 is 10.3 Å². The molecule has 8 nitrogen and oxygen atoms in total. The normalized spacial score (nSPS) is 13.8. The minimum Gasteiger partial charge on any atom is -0.383 e. The highest BCUT2D eigenvalue weighted by Crippen LogP contribution is 2.33. The van der Waals surface area contributed by atoms with Gasteiger partial charge in [-0.1, -0.05) is 50.2 Å². The average molecular weight is 482 g/mol. The molecule has 184 valence electrons. The molecule has 0 saturated heterocycles. The Morgan fingerprint density at radius 1 is 1.29 bits per heavy atom. The first-order valence-corrected chi connectivity index (χ1v) is 11.2. The highest BCUT2D eigenvalue weighted by Gasteiger charge is 2.34. The van der Waals surface area contributed by atoms with Crippen LogP contribution in [-0.4, -0.2) is 34.5 Å². The number of carbonyl (C=O) groups is 1. The second-order valence-electron chi connectivity index (χ2n) is 10.1. The van der Waals surface area contributed by atoms with Crippen molar-refractivity contribution in [3.8, 4) is 17.3 Å². The molecule has 0 aliphatic heterocycles. The van der Waals surface area contributed by atoms with Gasteiger partial charge in [0.15, 0.2) is 7.85 Å². The Bertz CT molecular complexity index is 1250. The van der Waals surface area contributed by atoms with Crippen molar-refractivity contribution in [3.05, 3.63) is 47.2 Å². The number of hydrogen-bond acceptors (Lipinski definition) is 6. The SMILES string of the molecule is BC(F)(F)C(C)n1nc(-c2ccc(C(C)C(=O)Nc3cc(CC(C)(C)C)no3)cc2)c(C#N)c1N. The van der Waals surface area contributed by atoms with Gasteiger partial charge in [-0.2, -0.15) is 10.4 Å². The van der Waals surface area contributed by atoms with Crippen molar-refractivity contribution in [1.82, 2.24) is 14.9 Å². The van der Waals surface area contributed by atoms with Gasteiger partial charge in [-0.05, 0) is 31.2 Å². The number of aromatic nitrogens is 3. The lowest BCUT2D eigenvalue weighted by molar-refractivity contribution is -0.117. The van der Waals surface area contributed by atoms with Crippen molar-refractivity contribution >= 4 is 25.5 Å². The fourth-order valence-corrected chi connectivity index (χ4v) is 3.58. The number of nitriles is 1. The molecule has 0 saturated carbocycles. The van der Waals surface area contributed by atoms with E-state index >= 15 is 0 Å². The molecule has 0 aliphatic carbocycles. The molecule has 3 aromatic rings. The lowest BCUT2D eigenvalue weighted by Gasteiger charge is -2.21. The van der Waals surface area contributed by atoms with Crippen molar-refractivity contribution in [1.29, 1.82) is 5.26 Å². The van der Waals surface area contributed by atoms with Crippen molar-refractivity contribution in [2.24, 2.45) is 5.41 Å². The van der Waals surface area contributed by atoms with Crippen molar-refractivity contribution in [2.75, 3.05) is 11.1 Å². The van der Waals surface area contributed by atoms with Crippen LogP contribution in [0.5, 0.6) is 0 Å². The second-order valence-corrected chi connectivity index (χ2v) is 10.1. The van der Waals surface area contributed by atoms with Crippen LogP contribution in [0.15, 0.2) is 34.9 Å². The Morgan fingerprint density at radius 2 is 1.91 bits per heavy atom. The summed E-state index contributed by atoms with van der Waals surface area (Å²) >= 11 is 0. The molecule has 2 unspecified atom stereocenters. The number of nitrogen functional groups attached to an aromatic ring is 1. The van der Waals surface area contributed by atoms with Crippen LogP contribution in [0, 0.1) is 16.7 Å². The van der Waals surface area contributed by atoms with Crippen LogP contribution in [0.1, 0.15) is 63.4 Å². The summed E-state index contributed by atoms with van der Waals surface area (Å²) in [7, 11) is 0.774. The van der Waals surface area contributed by atoms with Crippen LogP contribution in [0.2, 0.25) is 0 Å². The third kappa shape index (κ3) is 5.88. The zero-order valence-corrected chi connectivity index (χ0v) is 20.7. The van der Waals surface area contributed by atoms with Crippen LogP contribution in [-0.2, 0) is 11.2 Å². The van der Waals surface area contributed by atoms with Crippen LogP contribution in [0.3, 0.4) is 0 Å². The van der Waals surface area contributed by atoms with Crippen LogP contribution >= 0.6 is 0 Å². The monoisotopic (exact) mass is 482 g/mol. The van der Waals surface area contributed by atoms with E-state index in [0.717, 1.165) is 18.2 Å². The van der Waals surface area contributed by atoms with E-state index in [-0.39, 0.29) is 34.3 Å². The highest BCUT2D eigenvalue weighted by molar-refractivity contribution is 6.13. The molecule has 0 radical (unpaired) electrons. The summed E-state index contributed by atoms with van der Waals surface area (Å²) in [6.07, 6.45) is 0.711. The van der Waals surface area contributed by atoms with Gasteiger partial charge in [0.25, 0.3) is 0 Å². The highest BCUT2D eigenvalue weighted by atomic mass is 19.3. The van der Waals surface area contributed by atoms with E-state index in [1.54, 1.807) is 37.3 Å². The summed E-state index contributed by atoms with van der Waals surface area (Å²) in [4.78, 5) is 12.7. The van der Waals surface area contributed by atoms with Gasteiger partial charge in [-0.3, -0.25) is 10.1 Å². The van der Waals surface area contributed by atoms with E-state index in [0.29, 0.717) is 17.5 Å². The van der Waals surface area contributed by atoms with Crippen LogP contribution in [0.25, 0.3) is 11.3 Å². The number of benzene rings is 1. The third-order valence-electron chi connectivity index (χ3n) is 5.75. The van der Waals surface area contributed by atoms with E-state index in [1.165, 1.54) is 6.92 Å². The quantitative estimate of drug-likeness (QED) is 0.489. The van der Waals surface area contributed by atoms with Crippen LogP contribution in [0.4, 0.5) is 20.5 Å². The van der Waals surface area contributed by atoms with Gasteiger partial charge in [-0.25, -0.2) is 13.5 Å². The zero-order chi connectivity index (χ0) is 26.1. The molecular formula is C24H29BF2N6O2. The molecule has 0 bridgehead atoms. The van der Waals surface area contributed by atoms with Crippen molar-refractivity contribution in [2.45, 2.75) is 58.8 Å². The number of alkyl halides is 2. The Hall–Kier alpha value is -3.68. The van der Waals surface area contributed by atoms with Gasteiger partial charge in [0, 0.05) is 11.6 Å². The summed E-state index contributed by atoms with van der Waals surface area (Å²) in [5, 5.41) is 20.5. The van der Waals surface area contributed by atoms with E-state index in [9.17, 15) is 18.8 Å². The maximum atomic E-state index is 13.8. The number of nitrogens with two attached hydrogens (primary N) is 1. The number of carbonyl (C=O) groups excluding carboxylic acids is 1. The first-order valence-electron chi connectivity index (χ1n) is 11.2. The standard InChI is InChI=1S/C24H29BF2N6O2/c1-13(22(34)30-19-10-17(32-35-19)11-23(3,4)5)15-6-8-16(9-7-15)20-18(12-28)21(29)33(31-20)14(2)24(25,26)27/h6-10,13-14H,11,25,29H2,1-5H3,(H,30,34). The number of rotatable bonds is 7. The van der Waals surface area contributed by atoms with Gasteiger partial charge in [0.2, 0.25) is 17.6 Å². The summed E-state index contributed by atoms with van der Waals surface area (Å²) in [6.45, 7) is 9.30. The van der Waals surface area contributed by atoms with Gasteiger partial charge in [-0.15, -0.1) is 0 Å². The fraction of sp³-hybridized carbons (Fsp3) is 0.417. The predicted octanol–water partition coefficient (Wildman–Crippen LogP) is 4.11. The number of hydrogen-bond donors (Lipinski definition) is 2. The molecule has 11 heteroatoms. The number of halogens is 2.